The fourth-order valence-electron chi connectivity index (χ4n) is 4.50. The first-order chi connectivity index (χ1) is 16.3. The summed E-state index contributed by atoms with van der Waals surface area (Å²) in [5.41, 5.74) is 2.87. The number of imide groups is 1. The number of hydrogen-bond acceptors (Lipinski definition) is 6. The summed E-state index contributed by atoms with van der Waals surface area (Å²) in [7, 11) is 0. The lowest BCUT2D eigenvalue weighted by atomic mass is 9.99. The van der Waals surface area contributed by atoms with Crippen LogP contribution in [0.5, 0.6) is 0 Å². The summed E-state index contributed by atoms with van der Waals surface area (Å²) >= 11 is 0. The van der Waals surface area contributed by atoms with E-state index in [9.17, 15) is 22.8 Å². The van der Waals surface area contributed by atoms with E-state index in [4.69, 9.17) is 0 Å². The number of nitrogens with zero attached hydrogens (tertiary/aromatic N) is 6. The summed E-state index contributed by atoms with van der Waals surface area (Å²) < 4.78 is 41.2. The van der Waals surface area contributed by atoms with E-state index >= 15 is 0 Å². The first-order valence-corrected chi connectivity index (χ1v) is 10.6. The SMILES string of the molecule is O=C1NCC(c2cc([C@H]3C[C@@H]3c3ccc4cnn(CC(F)(F)F)c4n3)c3nccn3n2)C(=O)N1. The van der Waals surface area contributed by atoms with Gasteiger partial charge in [-0.05, 0) is 30.5 Å². The minimum atomic E-state index is -4.40. The Balaban J connectivity index is 1.34. The monoisotopic (exact) mass is 470 g/mol. The average Bonchev–Trinajstić information content (AvgIpc) is 3.26. The number of urea groups is 1. The topological polar surface area (TPSA) is 119 Å². The van der Waals surface area contributed by atoms with E-state index in [2.05, 4.69) is 30.8 Å². The zero-order chi connectivity index (χ0) is 23.6. The number of fused-ring (bicyclic) bond motifs is 2. The number of amides is 3. The van der Waals surface area contributed by atoms with Crippen LogP contribution >= 0.6 is 0 Å². The van der Waals surface area contributed by atoms with Crippen LogP contribution in [0, 0.1) is 0 Å². The van der Waals surface area contributed by atoms with E-state index in [1.807, 2.05) is 12.1 Å². The molecular formula is C21H17F3N8O2. The molecule has 1 aliphatic carbocycles. The molecule has 34 heavy (non-hydrogen) atoms. The zero-order valence-corrected chi connectivity index (χ0v) is 17.5. The van der Waals surface area contributed by atoms with Crippen molar-refractivity contribution >= 4 is 28.6 Å². The highest BCUT2D eigenvalue weighted by molar-refractivity contribution is 6.00. The van der Waals surface area contributed by atoms with E-state index in [0.29, 0.717) is 22.4 Å². The van der Waals surface area contributed by atoms with Gasteiger partial charge in [-0.2, -0.15) is 23.4 Å². The molecular weight excluding hydrogens is 453 g/mol. The van der Waals surface area contributed by atoms with Crippen LogP contribution in [0.25, 0.3) is 16.7 Å². The third-order valence-corrected chi connectivity index (χ3v) is 6.19. The van der Waals surface area contributed by atoms with Crippen LogP contribution in [-0.2, 0) is 11.3 Å². The molecule has 3 atom stereocenters. The van der Waals surface area contributed by atoms with Gasteiger partial charge in [0.05, 0.1) is 17.8 Å². The maximum absolute atomic E-state index is 12.9. The molecule has 3 amide bonds. The lowest BCUT2D eigenvalue weighted by Gasteiger charge is -2.22. The van der Waals surface area contributed by atoms with Crippen molar-refractivity contribution in [1.29, 1.82) is 0 Å². The number of alkyl halides is 3. The molecule has 1 unspecified atom stereocenters. The van der Waals surface area contributed by atoms with E-state index in [-0.39, 0.29) is 24.0 Å². The predicted octanol–water partition coefficient (Wildman–Crippen LogP) is 2.23. The van der Waals surface area contributed by atoms with Crippen LogP contribution in [0.1, 0.15) is 41.1 Å². The average molecular weight is 470 g/mol. The standard InChI is InChI=1S/C21H17F3N8O2/c22-21(23,24)9-32-17-10(7-27-32)1-2-15(28-17)12-5-11(12)13-6-16(30-31-4-3-25-18(13)31)14-8-26-20(34)29-19(14)33/h1-4,6-7,11-12,14H,5,8-9H2,(H2,26,29,33,34)/t11-,12-,14?/m0/s1. The van der Waals surface area contributed by atoms with Gasteiger partial charge in [-0.1, -0.05) is 0 Å². The normalized spacial score (nSPS) is 22.7. The number of carbonyl (C=O) groups is 2. The lowest BCUT2D eigenvalue weighted by molar-refractivity contribution is -0.142. The molecule has 0 radical (unpaired) electrons. The van der Waals surface area contributed by atoms with Gasteiger partial charge in [0, 0.05) is 41.5 Å². The van der Waals surface area contributed by atoms with Crippen LogP contribution < -0.4 is 10.6 Å². The number of rotatable bonds is 4. The van der Waals surface area contributed by atoms with Crippen molar-refractivity contribution in [2.45, 2.75) is 36.9 Å². The van der Waals surface area contributed by atoms with Gasteiger partial charge in [0.2, 0.25) is 5.91 Å². The van der Waals surface area contributed by atoms with Gasteiger partial charge < -0.3 is 5.32 Å². The van der Waals surface area contributed by atoms with Crippen LogP contribution in [0.2, 0.25) is 0 Å². The maximum atomic E-state index is 12.9. The molecule has 2 fully saturated rings. The first kappa shape index (κ1) is 20.6. The van der Waals surface area contributed by atoms with E-state index in [1.165, 1.54) is 6.20 Å². The Hall–Kier alpha value is -4.03. The van der Waals surface area contributed by atoms with Crippen molar-refractivity contribution in [2.75, 3.05) is 6.54 Å². The van der Waals surface area contributed by atoms with Gasteiger partial charge in [-0.25, -0.2) is 24.0 Å². The van der Waals surface area contributed by atoms with Gasteiger partial charge in [-0.15, -0.1) is 0 Å². The fraction of sp³-hybridized carbons (Fsp3) is 0.333. The quantitative estimate of drug-likeness (QED) is 0.472. The minimum Gasteiger partial charge on any atom is -0.337 e. The van der Waals surface area contributed by atoms with Gasteiger partial charge in [0.1, 0.15) is 6.54 Å². The summed E-state index contributed by atoms with van der Waals surface area (Å²) in [6.07, 6.45) is 0.989. The number of pyridine rings is 1. The number of hydrogen-bond donors (Lipinski definition) is 2. The summed E-state index contributed by atoms with van der Waals surface area (Å²) in [5.74, 6) is -1.09. The van der Waals surface area contributed by atoms with Crippen molar-refractivity contribution in [3.05, 3.63) is 53.7 Å². The van der Waals surface area contributed by atoms with Crippen LogP contribution in [0.15, 0.2) is 36.8 Å². The van der Waals surface area contributed by atoms with Crippen molar-refractivity contribution in [3.8, 4) is 0 Å². The molecule has 10 nitrogen and oxygen atoms in total. The molecule has 0 bridgehead atoms. The van der Waals surface area contributed by atoms with Crippen molar-refractivity contribution in [1.82, 2.24) is 40.0 Å². The van der Waals surface area contributed by atoms with Gasteiger partial charge in [0.15, 0.2) is 11.3 Å². The van der Waals surface area contributed by atoms with Crippen molar-refractivity contribution in [2.24, 2.45) is 0 Å². The smallest absolute Gasteiger partial charge is 0.337 e. The molecule has 4 aromatic rings. The Kier molecular flexibility index (Phi) is 4.38. The fourth-order valence-corrected chi connectivity index (χ4v) is 4.50. The summed E-state index contributed by atoms with van der Waals surface area (Å²) in [6.45, 7) is -1.07. The predicted molar refractivity (Wildman–Crippen MR) is 111 cm³/mol. The summed E-state index contributed by atoms with van der Waals surface area (Å²) in [6, 6.07) is 4.81. The molecule has 4 aromatic heterocycles. The van der Waals surface area contributed by atoms with Crippen LogP contribution in [-0.4, -0.2) is 54.0 Å². The zero-order valence-electron chi connectivity index (χ0n) is 17.5. The molecule has 2 aliphatic rings. The van der Waals surface area contributed by atoms with Crippen molar-refractivity contribution < 1.29 is 22.8 Å². The van der Waals surface area contributed by atoms with E-state index in [1.54, 1.807) is 23.0 Å². The number of halogens is 3. The minimum absolute atomic E-state index is 0.0110. The van der Waals surface area contributed by atoms with E-state index in [0.717, 1.165) is 16.7 Å². The Morgan fingerprint density at radius 2 is 1.97 bits per heavy atom. The van der Waals surface area contributed by atoms with Gasteiger partial charge in [0.25, 0.3) is 0 Å². The number of nitrogens with one attached hydrogen (secondary N) is 2. The first-order valence-electron chi connectivity index (χ1n) is 10.6. The van der Waals surface area contributed by atoms with Gasteiger partial charge in [-0.3, -0.25) is 10.1 Å². The number of imidazole rings is 1. The third-order valence-electron chi connectivity index (χ3n) is 6.19. The molecule has 6 rings (SSSR count). The highest BCUT2D eigenvalue weighted by Crippen LogP contribution is 2.55. The Bertz CT molecular complexity index is 1460. The Morgan fingerprint density at radius 3 is 2.76 bits per heavy atom. The molecule has 2 N–H and O–H groups in total. The summed E-state index contributed by atoms with van der Waals surface area (Å²) in [5, 5.41) is 13.7. The lowest BCUT2D eigenvalue weighted by Crippen LogP contribution is -2.51. The van der Waals surface area contributed by atoms with Crippen LogP contribution in [0.3, 0.4) is 0 Å². The number of carbonyl (C=O) groups excluding carboxylic acids is 2. The van der Waals surface area contributed by atoms with Gasteiger partial charge >= 0.3 is 12.2 Å². The van der Waals surface area contributed by atoms with Crippen molar-refractivity contribution in [3.63, 3.8) is 0 Å². The third kappa shape index (κ3) is 3.53. The molecule has 1 aliphatic heterocycles. The molecule has 13 heteroatoms. The van der Waals surface area contributed by atoms with Crippen LogP contribution in [0.4, 0.5) is 18.0 Å². The largest absolute Gasteiger partial charge is 0.408 e. The highest BCUT2D eigenvalue weighted by Gasteiger charge is 2.43. The maximum Gasteiger partial charge on any atom is 0.408 e. The second-order valence-corrected chi connectivity index (χ2v) is 8.49. The highest BCUT2D eigenvalue weighted by atomic mass is 19.4. The second-order valence-electron chi connectivity index (χ2n) is 8.49. The molecule has 0 aromatic carbocycles. The summed E-state index contributed by atoms with van der Waals surface area (Å²) in [4.78, 5) is 32.7. The Labute approximate surface area is 189 Å². The van der Waals surface area contributed by atoms with E-state index < -0.39 is 30.6 Å². The molecule has 1 saturated heterocycles. The second kappa shape index (κ2) is 7.23. The molecule has 0 spiro atoms. The molecule has 1 saturated carbocycles. The number of aromatic nitrogens is 6. The molecule has 5 heterocycles. The molecule has 174 valence electrons. The Morgan fingerprint density at radius 1 is 1.12 bits per heavy atom.